The van der Waals surface area contributed by atoms with Gasteiger partial charge in [0.2, 0.25) is 0 Å². The topological polar surface area (TPSA) is 41.6 Å². The Morgan fingerprint density at radius 3 is 2.50 bits per heavy atom. The molecule has 120 valence electrons. The SMILES string of the molecule is O=C(c1ccc(OC(F)(F)F)cc1)N1C2CCNCC1CC2. The van der Waals surface area contributed by atoms with Crippen LogP contribution in [-0.4, -0.2) is 42.3 Å². The highest BCUT2D eigenvalue weighted by molar-refractivity contribution is 5.95. The molecule has 7 heteroatoms. The summed E-state index contributed by atoms with van der Waals surface area (Å²) in [5.74, 6) is -0.431. The third-order valence-corrected chi connectivity index (χ3v) is 4.22. The summed E-state index contributed by atoms with van der Waals surface area (Å²) < 4.78 is 40.3. The predicted octanol–water partition coefficient (Wildman–Crippen LogP) is 2.55. The number of ether oxygens (including phenoxy) is 1. The van der Waals surface area contributed by atoms with E-state index in [-0.39, 0.29) is 23.7 Å². The summed E-state index contributed by atoms with van der Waals surface area (Å²) in [6.45, 7) is 1.67. The number of halogens is 3. The molecule has 1 N–H and O–H groups in total. The molecule has 2 saturated heterocycles. The largest absolute Gasteiger partial charge is 0.573 e. The van der Waals surface area contributed by atoms with E-state index >= 15 is 0 Å². The summed E-state index contributed by atoms with van der Waals surface area (Å²) in [6, 6.07) is 5.53. The lowest BCUT2D eigenvalue weighted by atomic mass is 10.1. The van der Waals surface area contributed by atoms with Gasteiger partial charge in [0.15, 0.2) is 0 Å². The van der Waals surface area contributed by atoms with Crippen LogP contribution in [0.5, 0.6) is 5.75 Å². The smallest absolute Gasteiger partial charge is 0.406 e. The van der Waals surface area contributed by atoms with Gasteiger partial charge in [0, 0.05) is 24.2 Å². The van der Waals surface area contributed by atoms with Gasteiger partial charge in [-0.15, -0.1) is 13.2 Å². The number of amides is 1. The van der Waals surface area contributed by atoms with E-state index in [2.05, 4.69) is 10.1 Å². The van der Waals surface area contributed by atoms with Crippen LogP contribution in [0.15, 0.2) is 24.3 Å². The number of hydrogen-bond acceptors (Lipinski definition) is 3. The van der Waals surface area contributed by atoms with Gasteiger partial charge < -0.3 is 15.0 Å². The van der Waals surface area contributed by atoms with Gasteiger partial charge in [0.25, 0.3) is 5.91 Å². The molecule has 1 amide bonds. The van der Waals surface area contributed by atoms with Crippen molar-refractivity contribution in [3.8, 4) is 5.75 Å². The number of alkyl halides is 3. The Bertz CT molecular complexity index is 531. The maximum absolute atomic E-state index is 12.6. The molecule has 2 fully saturated rings. The summed E-state index contributed by atoms with van der Waals surface area (Å²) in [5, 5.41) is 3.31. The minimum absolute atomic E-state index is 0.116. The molecular weight excluding hydrogens is 297 g/mol. The Balaban J connectivity index is 1.75. The number of fused-ring (bicyclic) bond motifs is 2. The number of carbonyl (C=O) groups excluding carboxylic acids is 1. The van der Waals surface area contributed by atoms with Crippen molar-refractivity contribution in [2.45, 2.75) is 37.7 Å². The first-order chi connectivity index (χ1) is 10.4. The Kier molecular flexibility index (Phi) is 3.99. The van der Waals surface area contributed by atoms with Crippen LogP contribution in [0.4, 0.5) is 13.2 Å². The molecule has 4 nitrogen and oxygen atoms in total. The molecule has 2 aliphatic heterocycles. The maximum Gasteiger partial charge on any atom is 0.573 e. The van der Waals surface area contributed by atoms with E-state index in [4.69, 9.17) is 0 Å². The first-order valence-corrected chi connectivity index (χ1v) is 7.33. The Morgan fingerprint density at radius 2 is 1.82 bits per heavy atom. The molecule has 2 atom stereocenters. The molecule has 3 rings (SSSR count). The average Bonchev–Trinajstić information content (AvgIpc) is 2.70. The summed E-state index contributed by atoms with van der Waals surface area (Å²) in [5.41, 5.74) is 0.397. The Hall–Kier alpha value is -1.76. The van der Waals surface area contributed by atoms with Gasteiger partial charge in [-0.2, -0.15) is 0 Å². The number of nitrogens with zero attached hydrogens (tertiary/aromatic N) is 1. The van der Waals surface area contributed by atoms with E-state index in [9.17, 15) is 18.0 Å². The van der Waals surface area contributed by atoms with Crippen molar-refractivity contribution in [3.63, 3.8) is 0 Å². The number of rotatable bonds is 2. The fraction of sp³-hybridized carbons (Fsp3) is 0.533. The minimum atomic E-state index is -4.72. The molecule has 1 aromatic rings. The zero-order valence-electron chi connectivity index (χ0n) is 11.9. The average molecular weight is 314 g/mol. The first kappa shape index (κ1) is 15.1. The second kappa shape index (κ2) is 5.79. The van der Waals surface area contributed by atoms with E-state index in [1.54, 1.807) is 0 Å². The van der Waals surface area contributed by atoms with Crippen molar-refractivity contribution in [3.05, 3.63) is 29.8 Å². The van der Waals surface area contributed by atoms with Crippen molar-refractivity contribution in [1.29, 1.82) is 0 Å². The Labute approximate surface area is 126 Å². The molecule has 0 spiro atoms. The third-order valence-electron chi connectivity index (χ3n) is 4.22. The van der Waals surface area contributed by atoms with Crippen molar-refractivity contribution in [2.75, 3.05) is 13.1 Å². The zero-order valence-corrected chi connectivity index (χ0v) is 11.9. The number of nitrogens with one attached hydrogen (secondary N) is 1. The monoisotopic (exact) mass is 314 g/mol. The molecule has 0 radical (unpaired) electrons. The van der Waals surface area contributed by atoms with E-state index in [0.717, 1.165) is 32.4 Å². The summed E-state index contributed by atoms with van der Waals surface area (Å²) in [6.07, 6.45) is -1.84. The van der Waals surface area contributed by atoms with Gasteiger partial charge >= 0.3 is 6.36 Å². The van der Waals surface area contributed by atoms with Crippen LogP contribution in [0.3, 0.4) is 0 Å². The first-order valence-electron chi connectivity index (χ1n) is 7.33. The molecule has 0 aliphatic carbocycles. The lowest BCUT2D eigenvalue weighted by Gasteiger charge is -2.28. The maximum atomic E-state index is 12.6. The van der Waals surface area contributed by atoms with Crippen molar-refractivity contribution in [1.82, 2.24) is 10.2 Å². The highest BCUT2D eigenvalue weighted by atomic mass is 19.4. The van der Waals surface area contributed by atoms with Crippen LogP contribution < -0.4 is 10.1 Å². The molecule has 1 aromatic carbocycles. The van der Waals surface area contributed by atoms with E-state index in [1.165, 1.54) is 24.3 Å². The molecule has 0 aromatic heterocycles. The Morgan fingerprint density at radius 1 is 1.14 bits per heavy atom. The van der Waals surface area contributed by atoms with Gasteiger partial charge in [-0.25, -0.2) is 0 Å². The van der Waals surface area contributed by atoms with E-state index < -0.39 is 6.36 Å². The van der Waals surface area contributed by atoms with E-state index in [1.807, 2.05) is 4.90 Å². The van der Waals surface area contributed by atoms with E-state index in [0.29, 0.717) is 5.56 Å². The molecular formula is C15H17F3N2O2. The number of hydrogen-bond donors (Lipinski definition) is 1. The van der Waals surface area contributed by atoms with Crippen LogP contribution in [0, 0.1) is 0 Å². The second-order valence-corrected chi connectivity index (χ2v) is 5.66. The highest BCUT2D eigenvalue weighted by Crippen LogP contribution is 2.30. The highest BCUT2D eigenvalue weighted by Gasteiger charge is 2.38. The van der Waals surface area contributed by atoms with Crippen LogP contribution >= 0.6 is 0 Å². The van der Waals surface area contributed by atoms with Crippen molar-refractivity contribution >= 4 is 5.91 Å². The third kappa shape index (κ3) is 3.19. The minimum Gasteiger partial charge on any atom is -0.406 e. The molecule has 2 aliphatic rings. The van der Waals surface area contributed by atoms with Gasteiger partial charge in [-0.3, -0.25) is 4.79 Å². The fourth-order valence-corrected chi connectivity index (χ4v) is 3.26. The zero-order chi connectivity index (χ0) is 15.7. The second-order valence-electron chi connectivity index (χ2n) is 5.66. The normalized spacial score (nSPS) is 25.0. The molecule has 0 saturated carbocycles. The molecule has 2 bridgehead atoms. The quantitative estimate of drug-likeness (QED) is 0.912. The molecule has 2 heterocycles. The van der Waals surface area contributed by atoms with Gasteiger partial charge in [0.1, 0.15) is 5.75 Å². The van der Waals surface area contributed by atoms with Crippen molar-refractivity contribution < 1.29 is 22.7 Å². The lowest BCUT2D eigenvalue weighted by molar-refractivity contribution is -0.274. The van der Waals surface area contributed by atoms with Crippen LogP contribution in [0.25, 0.3) is 0 Å². The van der Waals surface area contributed by atoms with Gasteiger partial charge in [-0.1, -0.05) is 0 Å². The standard InChI is InChI=1S/C15H17F3N2O2/c16-15(17,18)22-13-5-1-10(2-6-13)14(21)20-11-3-4-12(20)9-19-8-7-11/h1-2,5-6,11-12,19H,3-4,7-9H2. The number of benzene rings is 1. The lowest BCUT2D eigenvalue weighted by Crippen LogP contribution is -2.42. The molecule has 2 unspecified atom stereocenters. The molecule has 22 heavy (non-hydrogen) atoms. The summed E-state index contributed by atoms with van der Waals surface area (Å²) in [4.78, 5) is 14.5. The fourth-order valence-electron chi connectivity index (χ4n) is 3.26. The van der Waals surface area contributed by atoms with Crippen LogP contribution in [0.2, 0.25) is 0 Å². The van der Waals surface area contributed by atoms with Crippen LogP contribution in [0.1, 0.15) is 29.6 Å². The predicted molar refractivity (Wildman–Crippen MR) is 73.6 cm³/mol. The number of carbonyl (C=O) groups is 1. The van der Waals surface area contributed by atoms with Crippen molar-refractivity contribution in [2.24, 2.45) is 0 Å². The van der Waals surface area contributed by atoms with Gasteiger partial charge in [0.05, 0.1) is 0 Å². The van der Waals surface area contributed by atoms with Crippen LogP contribution in [-0.2, 0) is 0 Å². The summed E-state index contributed by atoms with van der Waals surface area (Å²) in [7, 11) is 0. The summed E-state index contributed by atoms with van der Waals surface area (Å²) >= 11 is 0. The van der Waals surface area contributed by atoms with Gasteiger partial charge in [-0.05, 0) is 50.1 Å².